The summed E-state index contributed by atoms with van der Waals surface area (Å²) >= 11 is 0. The molecule has 0 heterocycles. The van der Waals surface area contributed by atoms with Gasteiger partial charge in [0.1, 0.15) is 6.61 Å². The first-order valence-electron chi connectivity index (χ1n) is 6.28. The lowest BCUT2D eigenvalue weighted by atomic mass is 10.2. The molecule has 6 heteroatoms. The van der Waals surface area contributed by atoms with Gasteiger partial charge in [0.25, 0.3) is 6.02 Å². The minimum absolute atomic E-state index is 0.0645. The van der Waals surface area contributed by atoms with Crippen LogP contribution < -0.4 is 11.1 Å². The van der Waals surface area contributed by atoms with Crippen molar-refractivity contribution in [3.8, 4) is 0 Å². The highest BCUT2D eigenvalue weighted by Crippen LogP contribution is 1.95. The van der Waals surface area contributed by atoms with Crippen LogP contribution in [0.15, 0.2) is 4.99 Å². The van der Waals surface area contributed by atoms with Crippen molar-refractivity contribution in [1.82, 2.24) is 5.32 Å². The molecule has 0 atom stereocenters. The minimum Gasteiger partial charge on any atom is -0.469 e. The third-order valence-corrected chi connectivity index (χ3v) is 2.18. The molecule has 0 bridgehead atoms. The molecular weight excluding hydrogens is 234 g/mol. The molecule has 0 aromatic rings. The van der Waals surface area contributed by atoms with Gasteiger partial charge in [-0.05, 0) is 33.1 Å². The van der Waals surface area contributed by atoms with Crippen molar-refractivity contribution >= 4 is 11.9 Å². The Morgan fingerprint density at radius 2 is 2.06 bits per heavy atom. The van der Waals surface area contributed by atoms with Gasteiger partial charge in [0.05, 0.1) is 13.2 Å². The molecule has 3 N–H and O–H groups in total. The number of carbonyl (C=O) groups excluding carboxylic acids is 1. The fraction of sp³-hybridized carbons (Fsp3) is 0.833. The summed E-state index contributed by atoms with van der Waals surface area (Å²) in [6.07, 6.45) is 2.93. The van der Waals surface area contributed by atoms with Crippen molar-refractivity contribution in [3.05, 3.63) is 0 Å². The lowest BCUT2D eigenvalue weighted by Crippen LogP contribution is -2.29. The number of ether oxygens (including phenoxy) is 2. The quantitative estimate of drug-likeness (QED) is 0.362. The van der Waals surface area contributed by atoms with Crippen LogP contribution in [0, 0.1) is 0 Å². The molecule has 0 aromatic carbocycles. The SMILES string of the molecule is COC(N)=NCCCCCNC(=O)COC(C)C. The Bertz CT molecular complexity index is 255. The highest BCUT2D eigenvalue weighted by Gasteiger charge is 2.01. The molecule has 0 aliphatic heterocycles. The molecule has 0 aliphatic carbocycles. The predicted molar refractivity (Wildman–Crippen MR) is 71.4 cm³/mol. The average Bonchev–Trinajstić information content (AvgIpc) is 2.34. The zero-order valence-electron chi connectivity index (χ0n) is 11.6. The Morgan fingerprint density at radius 1 is 1.33 bits per heavy atom. The number of unbranched alkanes of at least 4 members (excludes halogenated alkanes) is 2. The number of nitrogens with one attached hydrogen (secondary N) is 1. The number of carbonyl (C=O) groups is 1. The number of rotatable bonds is 9. The van der Waals surface area contributed by atoms with Gasteiger partial charge in [0, 0.05) is 13.1 Å². The van der Waals surface area contributed by atoms with E-state index in [-0.39, 0.29) is 24.6 Å². The molecule has 0 rings (SSSR count). The van der Waals surface area contributed by atoms with Gasteiger partial charge in [-0.2, -0.15) is 0 Å². The van der Waals surface area contributed by atoms with E-state index in [2.05, 4.69) is 10.3 Å². The maximum absolute atomic E-state index is 11.3. The highest BCUT2D eigenvalue weighted by atomic mass is 16.5. The summed E-state index contributed by atoms with van der Waals surface area (Å²) in [5.41, 5.74) is 5.37. The van der Waals surface area contributed by atoms with Gasteiger partial charge in [0.15, 0.2) is 0 Å². The second kappa shape index (κ2) is 10.8. The van der Waals surface area contributed by atoms with E-state index in [0.717, 1.165) is 19.3 Å². The van der Waals surface area contributed by atoms with Gasteiger partial charge in [-0.25, -0.2) is 4.99 Å². The average molecular weight is 259 g/mol. The van der Waals surface area contributed by atoms with Crippen LogP contribution in [0.25, 0.3) is 0 Å². The van der Waals surface area contributed by atoms with E-state index in [1.165, 1.54) is 7.11 Å². The molecule has 0 saturated heterocycles. The molecule has 0 aliphatic rings. The lowest BCUT2D eigenvalue weighted by Gasteiger charge is -2.08. The molecule has 0 radical (unpaired) electrons. The van der Waals surface area contributed by atoms with E-state index in [1.807, 2.05) is 13.8 Å². The van der Waals surface area contributed by atoms with Crippen molar-refractivity contribution in [2.75, 3.05) is 26.8 Å². The normalized spacial score (nSPS) is 11.7. The van der Waals surface area contributed by atoms with E-state index in [9.17, 15) is 4.79 Å². The zero-order chi connectivity index (χ0) is 13.8. The fourth-order valence-electron chi connectivity index (χ4n) is 1.19. The van der Waals surface area contributed by atoms with Crippen LogP contribution in [-0.4, -0.2) is 44.8 Å². The Balaban J connectivity index is 3.32. The van der Waals surface area contributed by atoms with Crippen molar-refractivity contribution in [2.45, 2.75) is 39.2 Å². The molecule has 106 valence electrons. The second-order valence-corrected chi connectivity index (χ2v) is 4.19. The number of aliphatic imine (C=N–C) groups is 1. The van der Waals surface area contributed by atoms with Crippen LogP contribution in [0.2, 0.25) is 0 Å². The monoisotopic (exact) mass is 259 g/mol. The van der Waals surface area contributed by atoms with Crippen LogP contribution in [0.5, 0.6) is 0 Å². The van der Waals surface area contributed by atoms with Gasteiger partial charge in [-0.15, -0.1) is 0 Å². The van der Waals surface area contributed by atoms with Gasteiger partial charge in [0.2, 0.25) is 5.91 Å². The number of hydrogen-bond donors (Lipinski definition) is 2. The molecular formula is C12H25N3O3. The summed E-state index contributed by atoms with van der Waals surface area (Å²) in [6, 6.07) is 0.217. The van der Waals surface area contributed by atoms with Crippen molar-refractivity contribution in [2.24, 2.45) is 10.7 Å². The molecule has 1 amide bonds. The Hall–Kier alpha value is -1.30. The zero-order valence-corrected chi connectivity index (χ0v) is 11.6. The number of hydrogen-bond acceptors (Lipinski definition) is 4. The second-order valence-electron chi connectivity index (χ2n) is 4.19. The van der Waals surface area contributed by atoms with Gasteiger partial charge < -0.3 is 20.5 Å². The third-order valence-electron chi connectivity index (χ3n) is 2.18. The number of nitrogens with zero attached hydrogens (tertiary/aromatic N) is 1. The van der Waals surface area contributed by atoms with Crippen molar-refractivity contribution < 1.29 is 14.3 Å². The summed E-state index contributed by atoms with van der Waals surface area (Å²) in [4.78, 5) is 15.3. The Morgan fingerprint density at radius 3 is 2.67 bits per heavy atom. The van der Waals surface area contributed by atoms with Crippen LogP contribution in [0.4, 0.5) is 0 Å². The van der Waals surface area contributed by atoms with Gasteiger partial charge in [-0.1, -0.05) is 0 Å². The number of nitrogens with two attached hydrogens (primary N) is 1. The first kappa shape index (κ1) is 16.7. The van der Waals surface area contributed by atoms with Crippen LogP contribution in [0.3, 0.4) is 0 Å². The molecule has 0 spiro atoms. The summed E-state index contributed by atoms with van der Waals surface area (Å²) in [5, 5.41) is 2.80. The lowest BCUT2D eigenvalue weighted by molar-refractivity contribution is -0.127. The number of amides is 1. The molecule has 0 unspecified atom stereocenters. The van der Waals surface area contributed by atoms with E-state index in [4.69, 9.17) is 15.2 Å². The predicted octanol–water partition coefficient (Wildman–Crippen LogP) is 0.659. The van der Waals surface area contributed by atoms with Crippen LogP contribution in [-0.2, 0) is 14.3 Å². The Labute approximate surface area is 109 Å². The third kappa shape index (κ3) is 11.2. The minimum atomic E-state index is -0.0645. The standard InChI is InChI=1S/C12H25N3O3/c1-10(2)18-9-11(16)14-7-5-4-6-8-15-12(13)17-3/h10H,4-9H2,1-3H3,(H2,13,15)(H,14,16). The van der Waals surface area contributed by atoms with Gasteiger partial charge in [-0.3, -0.25) is 4.79 Å². The van der Waals surface area contributed by atoms with Gasteiger partial charge >= 0.3 is 0 Å². The summed E-state index contributed by atoms with van der Waals surface area (Å²) in [6.45, 7) is 5.26. The van der Waals surface area contributed by atoms with E-state index in [1.54, 1.807) is 0 Å². The van der Waals surface area contributed by atoms with E-state index in [0.29, 0.717) is 13.1 Å². The summed E-state index contributed by atoms with van der Waals surface area (Å²) in [5.74, 6) is -0.0645. The first-order chi connectivity index (χ1) is 8.56. The highest BCUT2D eigenvalue weighted by molar-refractivity contribution is 5.77. The van der Waals surface area contributed by atoms with Crippen molar-refractivity contribution in [3.63, 3.8) is 0 Å². The van der Waals surface area contributed by atoms with Crippen molar-refractivity contribution in [1.29, 1.82) is 0 Å². The maximum atomic E-state index is 11.3. The summed E-state index contributed by atoms with van der Waals surface area (Å²) < 4.78 is 9.89. The number of methoxy groups -OCH3 is 1. The molecule has 6 nitrogen and oxygen atoms in total. The first-order valence-corrected chi connectivity index (χ1v) is 6.28. The summed E-state index contributed by atoms with van der Waals surface area (Å²) in [7, 11) is 1.49. The maximum Gasteiger partial charge on any atom is 0.281 e. The molecule has 0 fully saturated rings. The van der Waals surface area contributed by atoms with Crippen LogP contribution in [0.1, 0.15) is 33.1 Å². The largest absolute Gasteiger partial charge is 0.469 e. The number of amidine groups is 1. The van der Waals surface area contributed by atoms with E-state index >= 15 is 0 Å². The smallest absolute Gasteiger partial charge is 0.281 e. The van der Waals surface area contributed by atoms with E-state index < -0.39 is 0 Å². The molecule has 18 heavy (non-hydrogen) atoms. The Kier molecular flexibility index (Phi) is 10.0. The topological polar surface area (TPSA) is 85.9 Å². The molecule has 0 aromatic heterocycles. The molecule has 0 saturated carbocycles. The fourth-order valence-corrected chi connectivity index (χ4v) is 1.19. The van der Waals surface area contributed by atoms with Crippen LogP contribution >= 0.6 is 0 Å².